The molecule has 9 nitrogen and oxygen atoms in total. The molecule has 0 spiro atoms. The van der Waals surface area contributed by atoms with Crippen molar-refractivity contribution in [1.82, 2.24) is 5.32 Å². The van der Waals surface area contributed by atoms with Gasteiger partial charge in [-0.1, -0.05) is 29.5 Å². The fraction of sp³-hybridized carbons (Fsp3) is 0.409. The summed E-state index contributed by atoms with van der Waals surface area (Å²) in [4.78, 5) is 34.7. The van der Waals surface area contributed by atoms with Gasteiger partial charge >= 0.3 is 12.0 Å². The first-order valence-corrected chi connectivity index (χ1v) is 12.6. The van der Waals surface area contributed by atoms with Gasteiger partial charge in [-0.2, -0.15) is 0 Å². The van der Waals surface area contributed by atoms with Crippen LogP contribution < -0.4 is 26.8 Å². The van der Waals surface area contributed by atoms with Gasteiger partial charge in [0.05, 0.1) is 12.2 Å². The molecule has 2 aromatic rings. The summed E-state index contributed by atoms with van der Waals surface area (Å²) in [6.45, 7) is 3.22. The number of carbonyl (C=O) groups is 3. The van der Waals surface area contributed by atoms with Crippen molar-refractivity contribution in [3.05, 3.63) is 35.9 Å². The van der Waals surface area contributed by atoms with E-state index in [1.807, 2.05) is 31.2 Å². The topological polar surface area (TPSA) is 157 Å². The molecule has 0 bridgehead atoms. The zero-order chi connectivity index (χ0) is 24.4. The second-order valence-electron chi connectivity index (χ2n) is 7.50. The molecular formula is C22H29IN4O5S. The van der Waals surface area contributed by atoms with Crippen LogP contribution in [0.4, 0.5) is 9.80 Å². The number of hydrogen-bond acceptors (Lipinski definition) is 6. The Kier molecular flexibility index (Phi) is 10.9. The average Bonchev–Trinajstić information content (AvgIpc) is 3.15. The molecule has 1 unspecified atom stereocenters. The molecule has 3 amide bonds. The van der Waals surface area contributed by atoms with Gasteiger partial charge in [0.25, 0.3) is 5.91 Å². The Labute approximate surface area is 210 Å². The summed E-state index contributed by atoms with van der Waals surface area (Å²) < 4.78 is 6.08. The zero-order valence-corrected chi connectivity index (χ0v) is 21.3. The second-order valence-corrected chi connectivity index (χ2v) is 10.7. The number of anilines is 1. The van der Waals surface area contributed by atoms with Crippen LogP contribution in [0.3, 0.4) is 0 Å². The minimum atomic E-state index is -0.806. The first-order chi connectivity index (χ1) is 15.7. The van der Waals surface area contributed by atoms with Gasteiger partial charge in [-0.3, -0.25) is 14.9 Å². The highest BCUT2D eigenvalue weighted by atomic mass is 127. The molecular weight excluding hydrogens is 559 g/mol. The van der Waals surface area contributed by atoms with E-state index in [2.05, 4.69) is 33.2 Å². The summed E-state index contributed by atoms with van der Waals surface area (Å²) in [5, 5.41) is 15.1. The molecule has 11 heteroatoms. The smallest absolute Gasteiger partial charge is 0.320 e. The van der Waals surface area contributed by atoms with Gasteiger partial charge in [0.15, 0.2) is 0 Å². The molecule has 0 aliphatic carbocycles. The zero-order valence-electron chi connectivity index (χ0n) is 18.3. The number of rotatable bonds is 14. The fourth-order valence-electron chi connectivity index (χ4n) is 3.10. The van der Waals surface area contributed by atoms with Gasteiger partial charge in [0, 0.05) is 8.80 Å². The minimum absolute atomic E-state index is 0.210. The fourth-order valence-corrected chi connectivity index (χ4v) is 4.68. The third-order valence-corrected chi connectivity index (χ3v) is 6.32. The number of ether oxygens (including phenoxy) is 1. The Morgan fingerprint density at radius 2 is 1.85 bits per heavy atom. The number of thiophene rings is 1. The number of aliphatic carboxylic acids is 1. The van der Waals surface area contributed by atoms with Crippen molar-refractivity contribution in [2.24, 2.45) is 11.5 Å². The maximum Gasteiger partial charge on any atom is 0.320 e. The van der Waals surface area contributed by atoms with E-state index in [1.165, 1.54) is 11.3 Å². The van der Waals surface area contributed by atoms with Crippen molar-refractivity contribution in [3.63, 3.8) is 0 Å². The SMILES string of the molecule is CC(I)C[C@H](NCCCCCOc1ccc(-c2cc(C(N)=O)c(NC(N)=O)s2)cc1)C(=O)O. The van der Waals surface area contributed by atoms with E-state index in [0.29, 0.717) is 28.5 Å². The van der Waals surface area contributed by atoms with Crippen LogP contribution in [0.25, 0.3) is 10.4 Å². The number of amides is 3. The number of nitrogens with two attached hydrogens (primary N) is 2. The summed E-state index contributed by atoms with van der Waals surface area (Å²) in [7, 11) is 0. The molecule has 33 heavy (non-hydrogen) atoms. The van der Waals surface area contributed by atoms with Crippen molar-refractivity contribution < 1.29 is 24.2 Å². The summed E-state index contributed by atoms with van der Waals surface area (Å²) in [5.41, 5.74) is 11.6. The molecule has 1 aromatic carbocycles. The van der Waals surface area contributed by atoms with Crippen molar-refractivity contribution in [2.75, 3.05) is 18.5 Å². The van der Waals surface area contributed by atoms with E-state index in [1.54, 1.807) is 6.07 Å². The second kappa shape index (κ2) is 13.4. The normalized spacial score (nSPS) is 12.7. The molecule has 2 rings (SSSR count). The summed E-state index contributed by atoms with van der Waals surface area (Å²) >= 11 is 3.45. The molecule has 7 N–H and O–H groups in total. The number of carboxylic acids is 1. The molecule has 180 valence electrons. The quantitative estimate of drug-likeness (QED) is 0.128. The van der Waals surface area contributed by atoms with Gasteiger partial charge in [0.1, 0.15) is 16.8 Å². The first-order valence-electron chi connectivity index (χ1n) is 10.5. The van der Waals surface area contributed by atoms with Crippen LogP contribution in [0, 0.1) is 0 Å². The van der Waals surface area contributed by atoms with Crippen LogP contribution in [0.5, 0.6) is 5.75 Å². The molecule has 0 aliphatic heterocycles. The molecule has 0 aliphatic rings. The lowest BCUT2D eigenvalue weighted by molar-refractivity contribution is -0.139. The number of nitrogens with one attached hydrogen (secondary N) is 2. The summed E-state index contributed by atoms with van der Waals surface area (Å²) in [6, 6.07) is 7.76. The van der Waals surface area contributed by atoms with E-state index in [9.17, 15) is 19.5 Å². The van der Waals surface area contributed by atoms with E-state index < -0.39 is 23.9 Å². The van der Waals surface area contributed by atoms with E-state index in [0.717, 1.165) is 35.5 Å². The van der Waals surface area contributed by atoms with Gasteiger partial charge in [-0.25, -0.2) is 4.79 Å². The lowest BCUT2D eigenvalue weighted by atomic mass is 10.1. The molecule has 0 saturated heterocycles. The third kappa shape index (κ3) is 9.18. The van der Waals surface area contributed by atoms with Crippen molar-refractivity contribution in [3.8, 4) is 16.2 Å². The highest BCUT2D eigenvalue weighted by Crippen LogP contribution is 2.35. The predicted octanol–water partition coefficient (Wildman–Crippen LogP) is 3.81. The Morgan fingerprint density at radius 3 is 2.42 bits per heavy atom. The van der Waals surface area contributed by atoms with Crippen LogP contribution in [-0.4, -0.2) is 46.1 Å². The maximum atomic E-state index is 11.6. The molecule has 2 atom stereocenters. The van der Waals surface area contributed by atoms with Crippen molar-refractivity contribution in [1.29, 1.82) is 0 Å². The van der Waals surface area contributed by atoms with E-state index >= 15 is 0 Å². The predicted molar refractivity (Wildman–Crippen MR) is 138 cm³/mol. The van der Waals surface area contributed by atoms with Crippen molar-refractivity contribution >= 4 is 56.8 Å². The Morgan fingerprint density at radius 1 is 1.15 bits per heavy atom. The number of primary amides is 2. The number of carbonyl (C=O) groups excluding carboxylic acids is 2. The van der Waals surface area contributed by atoms with Crippen LogP contribution in [-0.2, 0) is 4.79 Å². The Balaban J connectivity index is 1.77. The highest BCUT2D eigenvalue weighted by Gasteiger charge is 2.18. The van der Waals surface area contributed by atoms with E-state index in [4.69, 9.17) is 16.2 Å². The van der Waals surface area contributed by atoms with Gasteiger partial charge in [-0.15, -0.1) is 11.3 Å². The van der Waals surface area contributed by atoms with E-state index in [-0.39, 0.29) is 5.56 Å². The van der Waals surface area contributed by atoms with Crippen molar-refractivity contribution in [2.45, 2.75) is 42.6 Å². The highest BCUT2D eigenvalue weighted by molar-refractivity contribution is 14.1. The standard InChI is InChI=1S/C22H29IN4O5S/c1-13(23)11-17(21(29)30)26-9-3-2-4-10-32-15-7-5-14(6-8-15)18-12-16(19(24)28)20(33-18)27-22(25)31/h5-8,12-13,17,26H,2-4,9-11H2,1H3,(H2,24,28)(H,29,30)(H3,25,27,31)/t13?,17-/m0/s1. The third-order valence-electron chi connectivity index (χ3n) is 4.71. The van der Waals surface area contributed by atoms with Crippen LogP contribution in [0.1, 0.15) is 43.0 Å². The number of carboxylic acid groups (broad SMARTS) is 1. The molecule has 0 radical (unpaired) electrons. The van der Waals surface area contributed by atoms with Gasteiger partial charge in [0.2, 0.25) is 0 Å². The molecule has 0 fully saturated rings. The number of hydrogen-bond donors (Lipinski definition) is 5. The maximum absolute atomic E-state index is 11.6. The first kappa shape index (κ1) is 26.9. The number of urea groups is 1. The summed E-state index contributed by atoms with van der Waals surface area (Å²) in [5.74, 6) is -0.727. The number of unbranched alkanes of at least 4 members (excludes halogenated alkanes) is 2. The van der Waals surface area contributed by atoms with Gasteiger partial charge in [-0.05, 0) is 68.1 Å². The van der Waals surface area contributed by atoms with Crippen LogP contribution in [0.15, 0.2) is 30.3 Å². The average molecular weight is 588 g/mol. The lowest BCUT2D eigenvalue weighted by Crippen LogP contribution is -2.38. The Hall–Kier alpha value is -2.38. The number of halogens is 1. The van der Waals surface area contributed by atoms with Gasteiger partial charge < -0.3 is 26.6 Å². The molecule has 0 saturated carbocycles. The molecule has 1 heterocycles. The minimum Gasteiger partial charge on any atom is -0.494 e. The lowest BCUT2D eigenvalue weighted by Gasteiger charge is -2.15. The summed E-state index contributed by atoms with van der Waals surface area (Å²) in [6.07, 6.45) is 3.27. The monoisotopic (exact) mass is 588 g/mol. The largest absolute Gasteiger partial charge is 0.494 e. The van der Waals surface area contributed by atoms with Crippen LogP contribution in [0.2, 0.25) is 0 Å². The Bertz CT molecular complexity index is 949. The van der Waals surface area contributed by atoms with Crippen LogP contribution >= 0.6 is 33.9 Å². The molecule has 1 aromatic heterocycles. The number of benzene rings is 1. The number of alkyl halides is 1.